The van der Waals surface area contributed by atoms with Crippen molar-refractivity contribution in [3.05, 3.63) is 34.9 Å². The molecule has 0 radical (unpaired) electrons. The molecule has 0 saturated heterocycles. The van der Waals surface area contributed by atoms with Crippen LogP contribution in [0.4, 0.5) is 0 Å². The van der Waals surface area contributed by atoms with E-state index in [1.54, 1.807) is 0 Å². The minimum Gasteiger partial charge on any atom is -0.348 e. The monoisotopic (exact) mass is 274 g/mol. The van der Waals surface area contributed by atoms with Crippen molar-refractivity contribution in [1.29, 1.82) is 0 Å². The Morgan fingerprint density at radius 1 is 1.30 bits per heavy atom. The highest BCUT2D eigenvalue weighted by molar-refractivity contribution is 5.81. The van der Waals surface area contributed by atoms with Gasteiger partial charge in [0.2, 0.25) is 5.91 Å². The summed E-state index contributed by atoms with van der Waals surface area (Å²) in [4.78, 5) is 12.0. The molecule has 3 N–H and O–H groups in total. The lowest BCUT2D eigenvalue weighted by atomic mass is 9.89. The number of carbonyl (C=O) groups excluding carboxylic acids is 1. The summed E-state index contributed by atoms with van der Waals surface area (Å²) in [6.07, 6.45) is 6.60. The van der Waals surface area contributed by atoms with E-state index in [1.807, 2.05) is 13.8 Å². The highest BCUT2D eigenvalue weighted by Crippen LogP contribution is 2.24. The van der Waals surface area contributed by atoms with Gasteiger partial charge in [-0.3, -0.25) is 4.79 Å². The molecule has 1 aromatic rings. The summed E-state index contributed by atoms with van der Waals surface area (Å²) in [5, 5.41) is 3.02. The molecule has 3 heteroatoms. The number of carbonyl (C=O) groups is 1. The lowest BCUT2D eigenvalue weighted by Gasteiger charge is -2.21. The smallest absolute Gasteiger partial charge is 0.237 e. The number of amides is 1. The highest BCUT2D eigenvalue weighted by Gasteiger charge is 2.17. The van der Waals surface area contributed by atoms with Gasteiger partial charge >= 0.3 is 0 Å². The molecule has 20 heavy (non-hydrogen) atoms. The van der Waals surface area contributed by atoms with Gasteiger partial charge in [-0.25, -0.2) is 0 Å². The third-order valence-electron chi connectivity index (χ3n) is 4.17. The van der Waals surface area contributed by atoms with Gasteiger partial charge < -0.3 is 11.1 Å². The maximum atomic E-state index is 12.0. The number of hydrogen-bond donors (Lipinski definition) is 2. The zero-order valence-electron chi connectivity index (χ0n) is 12.6. The Kier molecular flexibility index (Phi) is 5.18. The molecule has 0 bridgehead atoms. The van der Waals surface area contributed by atoms with Crippen LogP contribution in [-0.4, -0.2) is 11.9 Å². The first-order chi connectivity index (χ1) is 9.61. The van der Waals surface area contributed by atoms with Gasteiger partial charge in [-0.1, -0.05) is 31.5 Å². The molecule has 1 aliphatic rings. The predicted molar refractivity (Wildman–Crippen MR) is 82.5 cm³/mol. The fraction of sp³-hybridized carbons (Fsp3) is 0.588. The summed E-state index contributed by atoms with van der Waals surface area (Å²) in [6.45, 7) is 4.07. The Morgan fingerprint density at radius 3 is 2.70 bits per heavy atom. The van der Waals surface area contributed by atoms with E-state index in [9.17, 15) is 4.79 Å². The van der Waals surface area contributed by atoms with E-state index in [4.69, 9.17) is 5.73 Å². The van der Waals surface area contributed by atoms with Gasteiger partial charge in [0, 0.05) is 0 Å². The van der Waals surface area contributed by atoms with E-state index in [-0.39, 0.29) is 18.0 Å². The molecular weight excluding hydrogens is 248 g/mol. The van der Waals surface area contributed by atoms with Crippen molar-refractivity contribution in [3.8, 4) is 0 Å². The molecule has 1 aromatic carbocycles. The molecule has 3 nitrogen and oxygen atoms in total. The largest absolute Gasteiger partial charge is 0.348 e. The SMILES string of the molecule is CCCC(N)C(=O)NC(C)c1ccc2c(c1)CCCC2. The van der Waals surface area contributed by atoms with E-state index in [1.165, 1.54) is 42.4 Å². The van der Waals surface area contributed by atoms with Gasteiger partial charge in [-0.15, -0.1) is 0 Å². The van der Waals surface area contributed by atoms with E-state index < -0.39 is 0 Å². The second-order valence-corrected chi connectivity index (χ2v) is 5.86. The summed E-state index contributed by atoms with van der Waals surface area (Å²) in [6, 6.07) is 6.25. The summed E-state index contributed by atoms with van der Waals surface area (Å²) < 4.78 is 0. The molecule has 0 heterocycles. The van der Waals surface area contributed by atoms with Crippen molar-refractivity contribution in [1.82, 2.24) is 5.32 Å². The van der Waals surface area contributed by atoms with Crippen LogP contribution in [0.25, 0.3) is 0 Å². The summed E-state index contributed by atoms with van der Waals surface area (Å²) >= 11 is 0. The van der Waals surface area contributed by atoms with Gasteiger partial charge in [0.05, 0.1) is 12.1 Å². The Hall–Kier alpha value is -1.35. The van der Waals surface area contributed by atoms with Crippen molar-refractivity contribution >= 4 is 5.91 Å². The van der Waals surface area contributed by atoms with Crippen LogP contribution < -0.4 is 11.1 Å². The third kappa shape index (κ3) is 3.60. The van der Waals surface area contributed by atoms with Crippen molar-refractivity contribution in [3.63, 3.8) is 0 Å². The Balaban J connectivity index is 2.02. The van der Waals surface area contributed by atoms with Crippen LogP contribution in [-0.2, 0) is 17.6 Å². The van der Waals surface area contributed by atoms with Gasteiger partial charge in [0.1, 0.15) is 0 Å². The van der Waals surface area contributed by atoms with Gasteiger partial charge in [0.25, 0.3) is 0 Å². The molecule has 110 valence electrons. The molecule has 2 unspecified atom stereocenters. The van der Waals surface area contributed by atoms with Crippen LogP contribution >= 0.6 is 0 Å². The average Bonchev–Trinajstić information content (AvgIpc) is 2.46. The van der Waals surface area contributed by atoms with Crippen molar-refractivity contribution in [2.24, 2.45) is 5.73 Å². The van der Waals surface area contributed by atoms with Crippen LogP contribution in [0.3, 0.4) is 0 Å². The molecule has 0 aliphatic heterocycles. The van der Waals surface area contributed by atoms with E-state index in [0.29, 0.717) is 0 Å². The number of nitrogens with one attached hydrogen (secondary N) is 1. The zero-order valence-corrected chi connectivity index (χ0v) is 12.6. The number of hydrogen-bond acceptors (Lipinski definition) is 2. The van der Waals surface area contributed by atoms with Crippen molar-refractivity contribution in [2.75, 3.05) is 0 Å². The van der Waals surface area contributed by atoms with Crippen LogP contribution in [0.5, 0.6) is 0 Å². The van der Waals surface area contributed by atoms with Crippen LogP contribution in [0.1, 0.15) is 62.3 Å². The third-order valence-corrected chi connectivity index (χ3v) is 4.17. The fourth-order valence-electron chi connectivity index (χ4n) is 2.87. The topological polar surface area (TPSA) is 55.1 Å². The van der Waals surface area contributed by atoms with Crippen LogP contribution in [0, 0.1) is 0 Å². The first-order valence-electron chi connectivity index (χ1n) is 7.79. The van der Waals surface area contributed by atoms with Crippen molar-refractivity contribution in [2.45, 2.75) is 64.5 Å². The maximum Gasteiger partial charge on any atom is 0.237 e. The van der Waals surface area contributed by atoms with Gasteiger partial charge in [0.15, 0.2) is 0 Å². The van der Waals surface area contributed by atoms with Crippen LogP contribution in [0.2, 0.25) is 0 Å². The Bertz CT molecular complexity index is 470. The number of rotatable bonds is 5. The van der Waals surface area contributed by atoms with E-state index >= 15 is 0 Å². The lowest BCUT2D eigenvalue weighted by Crippen LogP contribution is -2.41. The number of nitrogens with two attached hydrogens (primary N) is 1. The molecule has 2 rings (SSSR count). The number of benzene rings is 1. The maximum absolute atomic E-state index is 12.0. The minimum absolute atomic E-state index is 0.0256. The quantitative estimate of drug-likeness (QED) is 0.867. The number of fused-ring (bicyclic) bond motifs is 1. The average molecular weight is 274 g/mol. The standard InChI is InChI=1S/C17H26N2O/c1-3-6-16(18)17(20)19-12(2)14-10-9-13-7-4-5-8-15(13)11-14/h9-12,16H,3-8,18H2,1-2H3,(H,19,20). The molecule has 0 saturated carbocycles. The first kappa shape index (κ1) is 15.0. The molecular formula is C17H26N2O. The van der Waals surface area contributed by atoms with Crippen LogP contribution in [0.15, 0.2) is 18.2 Å². The fourth-order valence-corrected chi connectivity index (χ4v) is 2.87. The van der Waals surface area contributed by atoms with Gasteiger partial charge in [-0.05, 0) is 55.7 Å². The summed E-state index contributed by atoms with van der Waals surface area (Å²) in [5.41, 5.74) is 9.96. The summed E-state index contributed by atoms with van der Waals surface area (Å²) in [7, 11) is 0. The lowest BCUT2D eigenvalue weighted by molar-refractivity contribution is -0.123. The molecule has 0 aromatic heterocycles. The second-order valence-electron chi connectivity index (χ2n) is 5.86. The zero-order chi connectivity index (χ0) is 14.5. The predicted octanol–water partition coefficient (Wildman–Crippen LogP) is 2.87. The molecule has 2 atom stereocenters. The minimum atomic E-state index is -0.389. The molecule has 1 aliphatic carbocycles. The molecule has 0 fully saturated rings. The molecule has 0 spiro atoms. The van der Waals surface area contributed by atoms with E-state index in [2.05, 4.69) is 23.5 Å². The van der Waals surface area contributed by atoms with Crippen molar-refractivity contribution < 1.29 is 4.79 Å². The summed E-state index contributed by atoms with van der Waals surface area (Å²) in [5.74, 6) is -0.0444. The normalized spacial score (nSPS) is 17.1. The Morgan fingerprint density at radius 2 is 2.00 bits per heavy atom. The first-order valence-corrected chi connectivity index (χ1v) is 7.79. The Labute approximate surface area is 121 Å². The van der Waals surface area contributed by atoms with Gasteiger partial charge in [-0.2, -0.15) is 0 Å². The molecule has 1 amide bonds. The number of aryl methyl sites for hydroxylation is 2. The second kappa shape index (κ2) is 6.89. The van der Waals surface area contributed by atoms with E-state index in [0.717, 1.165) is 12.8 Å². The highest BCUT2D eigenvalue weighted by atomic mass is 16.2.